The molecule has 0 saturated heterocycles. The molecule has 5 rings (SSSR count). The zero-order valence-electron chi connectivity index (χ0n) is 33.9. The molecule has 0 aromatic heterocycles. The highest BCUT2D eigenvalue weighted by molar-refractivity contribution is 5.95. The summed E-state index contributed by atoms with van der Waals surface area (Å²) in [7, 11) is 1.20. The maximum atomic E-state index is 14.3. The molecule has 0 aliphatic carbocycles. The van der Waals surface area contributed by atoms with Gasteiger partial charge in [-0.05, 0) is 58.4 Å². The normalized spacial score (nSPS) is 12.8. The van der Waals surface area contributed by atoms with Crippen molar-refractivity contribution in [2.24, 2.45) is 5.73 Å². The van der Waals surface area contributed by atoms with Crippen molar-refractivity contribution >= 4 is 41.3 Å². The number of anilines is 1. The number of carbonyl (C=O) groups is 6. The molecule has 0 bridgehead atoms. The smallest absolute Gasteiger partial charge is 0.328 e. The van der Waals surface area contributed by atoms with Crippen molar-refractivity contribution in [3.05, 3.63) is 162 Å². The third kappa shape index (κ3) is 14.6. The molecule has 4 unspecified atom stereocenters. The Morgan fingerprint density at radius 1 is 0.541 bits per heavy atom. The van der Waals surface area contributed by atoms with Gasteiger partial charge in [-0.2, -0.15) is 0 Å². The molecule has 0 radical (unpaired) electrons. The lowest BCUT2D eigenvalue weighted by atomic mass is 9.98. The first-order chi connectivity index (χ1) is 29.5. The average molecular weight is 826 g/mol. The molecule has 61 heavy (non-hydrogen) atoms. The summed E-state index contributed by atoms with van der Waals surface area (Å²) in [5.74, 6) is -4.07. The molecule has 4 atom stereocenters. The largest absolute Gasteiger partial charge is 0.481 e. The number of nitrogens with two attached hydrogens (primary N) is 1. The van der Waals surface area contributed by atoms with Gasteiger partial charge in [0.05, 0.1) is 19.6 Å². The van der Waals surface area contributed by atoms with E-state index in [4.69, 9.17) is 15.6 Å². The van der Waals surface area contributed by atoms with E-state index in [1.54, 1.807) is 36.4 Å². The Morgan fingerprint density at radius 3 is 1.52 bits per heavy atom. The van der Waals surface area contributed by atoms with Crippen molar-refractivity contribution in [2.45, 2.75) is 69.1 Å². The first kappa shape index (κ1) is 45.0. The number of rotatable bonds is 21. The van der Waals surface area contributed by atoms with Crippen molar-refractivity contribution in [1.29, 1.82) is 0 Å². The number of hydrogen-bond acceptors (Lipinski definition) is 8. The van der Waals surface area contributed by atoms with Crippen LogP contribution in [0.2, 0.25) is 0 Å². The van der Waals surface area contributed by atoms with Gasteiger partial charge in [-0.1, -0.05) is 127 Å². The lowest BCUT2D eigenvalue weighted by molar-refractivity contribution is -0.145. The van der Waals surface area contributed by atoms with Gasteiger partial charge in [0.2, 0.25) is 23.6 Å². The van der Waals surface area contributed by atoms with Crippen molar-refractivity contribution < 1.29 is 38.6 Å². The Labute approximate surface area is 355 Å². The van der Waals surface area contributed by atoms with Crippen LogP contribution < -0.4 is 27.0 Å². The quantitative estimate of drug-likeness (QED) is 0.0563. The van der Waals surface area contributed by atoms with Crippen LogP contribution in [0.1, 0.15) is 41.5 Å². The predicted molar refractivity (Wildman–Crippen MR) is 232 cm³/mol. The second-order valence-electron chi connectivity index (χ2n) is 14.6. The van der Waals surface area contributed by atoms with Crippen molar-refractivity contribution in [3.63, 3.8) is 0 Å². The zero-order valence-corrected chi connectivity index (χ0v) is 33.9. The van der Waals surface area contributed by atoms with E-state index in [2.05, 4.69) is 21.3 Å². The highest BCUT2D eigenvalue weighted by Gasteiger charge is 2.31. The number of carbonyl (C=O) groups excluding carboxylic acids is 5. The SMILES string of the molecule is COC(=O)C(Cc1ccc(NC(=O)CCC(=O)O)cc1)NC(=O)C(Cc1ccccc1)NC(=O)C(Cc1ccc(-c2ccccc2)cc1)NC(=O)C(N)CCc1ccccc1. The van der Waals surface area contributed by atoms with E-state index in [0.717, 1.165) is 27.8 Å². The molecule has 5 aromatic rings. The number of nitrogens with one attached hydrogen (secondary N) is 4. The predicted octanol–water partition coefficient (Wildman–Crippen LogP) is 4.77. The zero-order chi connectivity index (χ0) is 43.6. The highest BCUT2D eigenvalue weighted by atomic mass is 16.5. The number of benzene rings is 5. The van der Waals surface area contributed by atoms with Crippen LogP contribution in [0.25, 0.3) is 11.1 Å². The van der Waals surface area contributed by atoms with Gasteiger partial charge < -0.3 is 36.8 Å². The molecule has 0 spiro atoms. The summed E-state index contributed by atoms with van der Waals surface area (Å²) in [6.45, 7) is 0. The number of methoxy groups -OCH3 is 1. The fourth-order valence-electron chi connectivity index (χ4n) is 6.63. The van der Waals surface area contributed by atoms with Gasteiger partial charge in [0.15, 0.2) is 0 Å². The van der Waals surface area contributed by atoms with Gasteiger partial charge in [-0.25, -0.2) is 4.79 Å². The van der Waals surface area contributed by atoms with Crippen molar-refractivity contribution in [2.75, 3.05) is 12.4 Å². The highest BCUT2D eigenvalue weighted by Crippen LogP contribution is 2.20. The topological polar surface area (TPSA) is 206 Å². The van der Waals surface area contributed by atoms with Gasteiger partial charge in [-0.3, -0.25) is 24.0 Å². The van der Waals surface area contributed by atoms with Gasteiger partial charge in [-0.15, -0.1) is 0 Å². The van der Waals surface area contributed by atoms with E-state index >= 15 is 0 Å². The van der Waals surface area contributed by atoms with Crippen LogP contribution in [0.4, 0.5) is 5.69 Å². The van der Waals surface area contributed by atoms with E-state index in [0.29, 0.717) is 24.1 Å². The second kappa shape index (κ2) is 22.9. The first-order valence-electron chi connectivity index (χ1n) is 20.0. The molecule has 5 aromatic carbocycles. The number of hydrogen-bond donors (Lipinski definition) is 6. The number of carboxylic acid groups (broad SMARTS) is 1. The van der Waals surface area contributed by atoms with Gasteiger partial charge >= 0.3 is 11.9 Å². The lowest BCUT2D eigenvalue weighted by Crippen LogP contribution is -2.58. The molecule has 0 saturated carbocycles. The monoisotopic (exact) mass is 825 g/mol. The van der Waals surface area contributed by atoms with Crippen molar-refractivity contribution in [3.8, 4) is 11.1 Å². The van der Waals surface area contributed by atoms with Crippen LogP contribution in [0.5, 0.6) is 0 Å². The molecule has 13 heteroatoms. The summed E-state index contributed by atoms with van der Waals surface area (Å²) in [6, 6.07) is 38.3. The number of esters is 1. The molecular formula is C48H51N5O8. The minimum absolute atomic E-state index is 0.0101. The summed E-state index contributed by atoms with van der Waals surface area (Å²) in [4.78, 5) is 78.1. The van der Waals surface area contributed by atoms with E-state index in [-0.39, 0.29) is 32.1 Å². The van der Waals surface area contributed by atoms with Crippen LogP contribution in [0.3, 0.4) is 0 Å². The Balaban J connectivity index is 1.34. The lowest BCUT2D eigenvalue weighted by Gasteiger charge is -2.26. The fourth-order valence-corrected chi connectivity index (χ4v) is 6.63. The molecule has 316 valence electrons. The van der Waals surface area contributed by atoms with Crippen LogP contribution in [-0.4, -0.2) is 72.0 Å². The summed E-state index contributed by atoms with van der Waals surface area (Å²) in [6.07, 6.45) is 0.570. The molecule has 13 nitrogen and oxygen atoms in total. The maximum absolute atomic E-state index is 14.3. The Morgan fingerprint density at radius 2 is 0.984 bits per heavy atom. The third-order valence-electron chi connectivity index (χ3n) is 10.0. The maximum Gasteiger partial charge on any atom is 0.328 e. The molecule has 0 heterocycles. The summed E-state index contributed by atoms with van der Waals surface area (Å²) >= 11 is 0. The number of carboxylic acids is 1. The standard InChI is InChI=1S/C48H51N5O8/c1-61-48(60)42(31-35-19-24-38(25-20-35)50-43(54)27-28-44(55)56)53-47(59)41(29-33-13-7-3-8-14-33)52-46(58)40(51-45(57)39(49)26-21-32-11-5-2-6-12-32)30-34-17-22-37(23-18-34)36-15-9-4-10-16-36/h2-20,22-25,39-42H,21,26-31,49H2,1H3,(H,50,54)(H,51,57)(H,52,58)(H,53,59)(H,55,56). The average Bonchev–Trinajstić information content (AvgIpc) is 3.28. The molecule has 0 fully saturated rings. The van der Waals surface area contributed by atoms with Gasteiger partial charge in [0, 0.05) is 31.4 Å². The van der Waals surface area contributed by atoms with Crippen molar-refractivity contribution in [1.82, 2.24) is 16.0 Å². The van der Waals surface area contributed by atoms with E-state index in [1.165, 1.54) is 7.11 Å². The van der Waals surface area contributed by atoms with Crippen LogP contribution in [-0.2, 0) is 59.2 Å². The Bertz CT molecular complexity index is 2220. The number of amides is 4. The summed E-state index contributed by atoms with van der Waals surface area (Å²) < 4.78 is 5.04. The van der Waals surface area contributed by atoms with Gasteiger partial charge in [0.1, 0.15) is 18.1 Å². The van der Waals surface area contributed by atoms with Gasteiger partial charge in [0.25, 0.3) is 0 Å². The fraction of sp³-hybridized carbons (Fsp3) is 0.250. The number of aliphatic carboxylic acids is 1. The molecular weight excluding hydrogens is 775 g/mol. The Kier molecular flexibility index (Phi) is 16.9. The van der Waals surface area contributed by atoms with E-state index in [9.17, 15) is 28.8 Å². The Hall–Kier alpha value is -7.12. The van der Waals surface area contributed by atoms with Crippen LogP contribution in [0.15, 0.2) is 140 Å². The van der Waals surface area contributed by atoms with E-state index in [1.807, 2.05) is 103 Å². The number of ether oxygens (including phenoxy) is 1. The minimum atomic E-state index is -1.18. The first-order valence-corrected chi connectivity index (χ1v) is 20.0. The minimum Gasteiger partial charge on any atom is -0.481 e. The number of aryl methyl sites for hydroxylation is 1. The molecule has 7 N–H and O–H groups in total. The second-order valence-corrected chi connectivity index (χ2v) is 14.6. The van der Waals surface area contributed by atoms with E-state index < -0.39 is 59.7 Å². The molecule has 0 aliphatic rings. The summed E-state index contributed by atoms with van der Waals surface area (Å²) in [5.41, 5.74) is 11.9. The summed E-state index contributed by atoms with van der Waals surface area (Å²) in [5, 5.41) is 19.9. The third-order valence-corrected chi connectivity index (χ3v) is 10.0. The van der Waals surface area contributed by atoms with Crippen LogP contribution >= 0.6 is 0 Å². The van der Waals surface area contributed by atoms with Crippen LogP contribution in [0, 0.1) is 0 Å². The molecule has 0 aliphatic heterocycles. The molecule has 4 amide bonds.